The number of nitrogens with one attached hydrogen (secondary N) is 1. The highest BCUT2D eigenvalue weighted by Crippen LogP contribution is 2.17. The van der Waals surface area contributed by atoms with Gasteiger partial charge < -0.3 is 5.32 Å². The van der Waals surface area contributed by atoms with Crippen molar-refractivity contribution in [2.45, 2.75) is 11.8 Å². The maximum absolute atomic E-state index is 11.8. The average Bonchev–Trinajstić information content (AvgIpc) is 2.47. The van der Waals surface area contributed by atoms with Crippen LogP contribution in [0.3, 0.4) is 0 Å². The molecule has 0 spiro atoms. The summed E-state index contributed by atoms with van der Waals surface area (Å²) in [5, 5.41) is 2.85. The van der Waals surface area contributed by atoms with Gasteiger partial charge in [-0.05, 0) is 54.6 Å². The number of thioether (sulfide) groups is 1. The van der Waals surface area contributed by atoms with Gasteiger partial charge in [-0.25, -0.2) is 0 Å². The zero-order chi connectivity index (χ0) is 14.4. The Kier molecular flexibility index (Phi) is 5.02. The highest BCUT2D eigenvalue weighted by atomic mass is 32.2. The molecule has 1 N–H and O–H groups in total. The number of carbonyl (C=O) groups is 1. The van der Waals surface area contributed by atoms with E-state index in [0.29, 0.717) is 0 Å². The topological polar surface area (TPSA) is 29.1 Å². The molecule has 0 aliphatic carbocycles. The molecule has 0 unspecified atom stereocenters. The van der Waals surface area contributed by atoms with Gasteiger partial charge in [-0.15, -0.1) is 11.8 Å². The van der Waals surface area contributed by atoms with Gasteiger partial charge in [0.2, 0.25) is 5.91 Å². The second kappa shape index (κ2) is 6.96. The molecule has 20 heavy (non-hydrogen) atoms. The van der Waals surface area contributed by atoms with Crippen LogP contribution in [0.15, 0.2) is 59.5 Å². The number of carbonyl (C=O) groups excluding carboxylic acids is 1. The number of hydrogen-bond donors (Lipinski definition) is 1. The summed E-state index contributed by atoms with van der Waals surface area (Å²) in [4.78, 5) is 13.0. The summed E-state index contributed by atoms with van der Waals surface area (Å²) in [5.74, 6) is -0.120. The van der Waals surface area contributed by atoms with E-state index in [1.165, 1.54) is 4.90 Å². The van der Waals surface area contributed by atoms with Crippen LogP contribution in [0.1, 0.15) is 11.1 Å². The van der Waals surface area contributed by atoms with E-state index in [-0.39, 0.29) is 5.91 Å². The van der Waals surface area contributed by atoms with Crippen LogP contribution in [0.25, 0.3) is 6.08 Å². The van der Waals surface area contributed by atoms with Gasteiger partial charge in [0.25, 0.3) is 0 Å². The van der Waals surface area contributed by atoms with Crippen LogP contribution in [0.4, 0.5) is 5.69 Å². The van der Waals surface area contributed by atoms with Gasteiger partial charge in [0.15, 0.2) is 0 Å². The van der Waals surface area contributed by atoms with E-state index in [4.69, 9.17) is 0 Å². The lowest BCUT2D eigenvalue weighted by molar-refractivity contribution is -0.111. The van der Waals surface area contributed by atoms with Crippen molar-refractivity contribution in [2.75, 3.05) is 11.6 Å². The quantitative estimate of drug-likeness (QED) is 0.667. The van der Waals surface area contributed by atoms with Crippen molar-refractivity contribution >= 4 is 29.4 Å². The van der Waals surface area contributed by atoms with E-state index in [1.54, 1.807) is 17.8 Å². The third-order valence-corrected chi connectivity index (χ3v) is 3.70. The SMILES string of the molecule is CSc1ccc(NC(=O)/C=C/c2ccccc2C)cc1. The fourth-order valence-corrected chi connectivity index (χ4v) is 2.21. The van der Waals surface area contributed by atoms with Crippen LogP contribution in [-0.2, 0) is 4.79 Å². The minimum absolute atomic E-state index is 0.120. The number of benzene rings is 2. The Hall–Kier alpha value is -2.00. The first-order valence-electron chi connectivity index (χ1n) is 6.38. The molecule has 0 fully saturated rings. The lowest BCUT2D eigenvalue weighted by atomic mass is 10.1. The highest BCUT2D eigenvalue weighted by molar-refractivity contribution is 7.98. The first kappa shape index (κ1) is 14.4. The Bertz CT molecular complexity index is 617. The largest absolute Gasteiger partial charge is 0.323 e. The maximum atomic E-state index is 11.8. The summed E-state index contributed by atoms with van der Waals surface area (Å²) in [6, 6.07) is 15.8. The van der Waals surface area contributed by atoms with Crippen molar-refractivity contribution in [1.82, 2.24) is 0 Å². The molecule has 0 heterocycles. The Morgan fingerprint density at radius 1 is 1.10 bits per heavy atom. The van der Waals surface area contributed by atoms with Crippen molar-refractivity contribution < 1.29 is 4.79 Å². The van der Waals surface area contributed by atoms with Crippen molar-refractivity contribution in [2.24, 2.45) is 0 Å². The number of anilines is 1. The Balaban J connectivity index is 2.00. The number of amides is 1. The zero-order valence-electron chi connectivity index (χ0n) is 11.6. The van der Waals surface area contributed by atoms with Crippen LogP contribution >= 0.6 is 11.8 Å². The van der Waals surface area contributed by atoms with Gasteiger partial charge in [0.05, 0.1) is 0 Å². The predicted molar refractivity (Wildman–Crippen MR) is 87.1 cm³/mol. The van der Waals surface area contributed by atoms with E-state index in [0.717, 1.165) is 16.8 Å². The molecule has 0 bridgehead atoms. The van der Waals surface area contributed by atoms with Gasteiger partial charge in [0, 0.05) is 16.7 Å². The minimum atomic E-state index is -0.120. The summed E-state index contributed by atoms with van der Waals surface area (Å²) in [6.45, 7) is 2.03. The summed E-state index contributed by atoms with van der Waals surface area (Å²) in [5.41, 5.74) is 3.02. The van der Waals surface area contributed by atoms with Gasteiger partial charge in [-0.1, -0.05) is 24.3 Å². The highest BCUT2D eigenvalue weighted by Gasteiger charge is 1.99. The molecule has 0 aromatic heterocycles. The summed E-state index contributed by atoms with van der Waals surface area (Å²) in [7, 11) is 0. The van der Waals surface area contributed by atoms with Crippen LogP contribution in [0.5, 0.6) is 0 Å². The third-order valence-electron chi connectivity index (χ3n) is 2.96. The van der Waals surface area contributed by atoms with Crippen LogP contribution in [0.2, 0.25) is 0 Å². The number of hydrogen-bond acceptors (Lipinski definition) is 2. The molecular weight excluding hydrogens is 266 g/mol. The standard InChI is InChI=1S/C17H17NOS/c1-13-5-3-4-6-14(13)7-12-17(19)18-15-8-10-16(20-2)11-9-15/h3-12H,1-2H3,(H,18,19)/b12-7+. The molecule has 0 saturated carbocycles. The Morgan fingerprint density at radius 2 is 1.80 bits per heavy atom. The first-order chi connectivity index (χ1) is 9.69. The van der Waals surface area contributed by atoms with Gasteiger partial charge in [-0.2, -0.15) is 0 Å². The fraction of sp³-hybridized carbons (Fsp3) is 0.118. The molecule has 0 saturated heterocycles. The molecule has 0 radical (unpaired) electrons. The predicted octanol–water partition coefficient (Wildman–Crippen LogP) is 4.37. The smallest absolute Gasteiger partial charge is 0.248 e. The molecule has 2 rings (SSSR count). The molecule has 0 aliphatic rings. The lowest BCUT2D eigenvalue weighted by Gasteiger charge is -2.03. The van der Waals surface area contributed by atoms with Crippen molar-refractivity contribution in [3.63, 3.8) is 0 Å². The maximum Gasteiger partial charge on any atom is 0.248 e. The number of aryl methyl sites for hydroxylation is 1. The molecule has 3 heteroatoms. The van der Waals surface area contributed by atoms with Gasteiger partial charge in [0.1, 0.15) is 0 Å². The van der Waals surface area contributed by atoms with Crippen molar-refractivity contribution in [1.29, 1.82) is 0 Å². The van der Waals surface area contributed by atoms with Gasteiger partial charge >= 0.3 is 0 Å². The number of rotatable bonds is 4. The van der Waals surface area contributed by atoms with Crippen LogP contribution in [0, 0.1) is 6.92 Å². The molecule has 0 aliphatic heterocycles. The summed E-state index contributed by atoms with van der Waals surface area (Å²) in [6.07, 6.45) is 5.42. The zero-order valence-corrected chi connectivity index (χ0v) is 12.4. The second-order valence-electron chi connectivity index (χ2n) is 4.41. The molecule has 102 valence electrons. The molecule has 1 amide bonds. The Labute approximate surface area is 123 Å². The molecule has 2 aromatic rings. The van der Waals surface area contributed by atoms with E-state index < -0.39 is 0 Å². The van der Waals surface area contributed by atoms with Crippen molar-refractivity contribution in [3.8, 4) is 0 Å². The molecule has 2 aromatic carbocycles. The molecule has 0 atom stereocenters. The first-order valence-corrected chi connectivity index (χ1v) is 7.60. The Morgan fingerprint density at radius 3 is 2.45 bits per heavy atom. The minimum Gasteiger partial charge on any atom is -0.323 e. The second-order valence-corrected chi connectivity index (χ2v) is 5.29. The average molecular weight is 283 g/mol. The fourth-order valence-electron chi connectivity index (χ4n) is 1.80. The lowest BCUT2D eigenvalue weighted by Crippen LogP contribution is -2.07. The van der Waals surface area contributed by atoms with E-state index >= 15 is 0 Å². The van der Waals surface area contributed by atoms with Crippen LogP contribution < -0.4 is 5.32 Å². The monoisotopic (exact) mass is 283 g/mol. The molecule has 2 nitrogen and oxygen atoms in total. The van der Waals surface area contributed by atoms with E-state index in [1.807, 2.05) is 67.8 Å². The van der Waals surface area contributed by atoms with Crippen LogP contribution in [-0.4, -0.2) is 12.2 Å². The summed E-state index contributed by atoms with van der Waals surface area (Å²) < 4.78 is 0. The molecular formula is C17H17NOS. The van der Waals surface area contributed by atoms with Crippen molar-refractivity contribution in [3.05, 3.63) is 65.7 Å². The summed E-state index contributed by atoms with van der Waals surface area (Å²) >= 11 is 1.68. The van der Waals surface area contributed by atoms with Gasteiger partial charge in [-0.3, -0.25) is 4.79 Å². The third kappa shape index (κ3) is 4.00. The normalized spacial score (nSPS) is 10.7. The van der Waals surface area contributed by atoms with E-state index in [9.17, 15) is 4.79 Å². The van der Waals surface area contributed by atoms with E-state index in [2.05, 4.69) is 5.32 Å².